The number of nitrogens with two attached hydrogens (primary N) is 1. The van der Waals surface area contributed by atoms with Crippen molar-refractivity contribution in [2.45, 2.75) is 32.6 Å². The SMILES string of the molecule is CC1=CCC(CCCN)C1. The summed E-state index contributed by atoms with van der Waals surface area (Å²) < 4.78 is 0. The van der Waals surface area contributed by atoms with Gasteiger partial charge in [-0.1, -0.05) is 11.6 Å². The van der Waals surface area contributed by atoms with E-state index in [-0.39, 0.29) is 0 Å². The van der Waals surface area contributed by atoms with Crippen LogP contribution in [-0.4, -0.2) is 6.54 Å². The summed E-state index contributed by atoms with van der Waals surface area (Å²) in [6.07, 6.45) is 7.50. The highest BCUT2D eigenvalue weighted by Gasteiger charge is 2.12. The van der Waals surface area contributed by atoms with Gasteiger partial charge in [-0.3, -0.25) is 0 Å². The summed E-state index contributed by atoms with van der Waals surface area (Å²) in [7, 11) is 0. The van der Waals surface area contributed by atoms with Crippen molar-refractivity contribution in [1.29, 1.82) is 0 Å². The summed E-state index contributed by atoms with van der Waals surface area (Å²) in [5.74, 6) is 0.920. The number of hydrogen-bond acceptors (Lipinski definition) is 1. The van der Waals surface area contributed by atoms with Crippen LogP contribution in [0.1, 0.15) is 32.6 Å². The maximum Gasteiger partial charge on any atom is -0.00772 e. The van der Waals surface area contributed by atoms with E-state index in [1.54, 1.807) is 5.57 Å². The second-order valence-corrected chi connectivity index (χ2v) is 3.29. The molecule has 58 valence electrons. The first-order valence-corrected chi connectivity index (χ1v) is 4.18. The van der Waals surface area contributed by atoms with Gasteiger partial charge in [0.25, 0.3) is 0 Å². The molecule has 1 unspecified atom stereocenters. The third kappa shape index (κ3) is 2.14. The van der Waals surface area contributed by atoms with E-state index < -0.39 is 0 Å². The van der Waals surface area contributed by atoms with Crippen molar-refractivity contribution < 1.29 is 0 Å². The van der Waals surface area contributed by atoms with Crippen molar-refractivity contribution in [1.82, 2.24) is 0 Å². The Morgan fingerprint density at radius 1 is 1.70 bits per heavy atom. The lowest BCUT2D eigenvalue weighted by Gasteiger charge is -2.06. The summed E-state index contributed by atoms with van der Waals surface area (Å²) in [4.78, 5) is 0. The largest absolute Gasteiger partial charge is 0.330 e. The van der Waals surface area contributed by atoms with Gasteiger partial charge >= 0.3 is 0 Å². The fourth-order valence-corrected chi connectivity index (χ4v) is 1.62. The zero-order valence-electron chi connectivity index (χ0n) is 6.77. The molecule has 1 aliphatic rings. The Morgan fingerprint density at radius 2 is 2.50 bits per heavy atom. The minimum Gasteiger partial charge on any atom is -0.330 e. The van der Waals surface area contributed by atoms with Gasteiger partial charge in [-0.15, -0.1) is 0 Å². The van der Waals surface area contributed by atoms with Gasteiger partial charge < -0.3 is 5.73 Å². The molecule has 0 spiro atoms. The second-order valence-electron chi connectivity index (χ2n) is 3.29. The van der Waals surface area contributed by atoms with Crippen LogP contribution >= 0.6 is 0 Å². The van der Waals surface area contributed by atoms with E-state index in [4.69, 9.17) is 5.73 Å². The predicted octanol–water partition coefficient (Wildman–Crippen LogP) is 2.08. The Labute approximate surface area is 63.3 Å². The van der Waals surface area contributed by atoms with E-state index >= 15 is 0 Å². The first-order chi connectivity index (χ1) is 4.83. The Kier molecular flexibility index (Phi) is 2.94. The van der Waals surface area contributed by atoms with Crippen LogP contribution in [0.25, 0.3) is 0 Å². The van der Waals surface area contributed by atoms with Gasteiger partial charge in [0.15, 0.2) is 0 Å². The highest BCUT2D eigenvalue weighted by Crippen LogP contribution is 2.27. The molecule has 0 saturated heterocycles. The second kappa shape index (κ2) is 3.77. The van der Waals surface area contributed by atoms with Crippen molar-refractivity contribution in [3.8, 4) is 0 Å². The normalized spacial score (nSPS) is 25.0. The quantitative estimate of drug-likeness (QED) is 0.595. The van der Waals surface area contributed by atoms with E-state index in [9.17, 15) is 0 Å². The van der Waals surface area contributed by atoms with Crippen LogP contribution in [-0.2, 0) is 0 Å². The van der Waals surface area contributed by atoms with Crippen molar-refractivity contribution in [3.05, 3.63) is 11.6 Å². The van der Waals surface area contributed by atoms with Crippen molar-refractivity contribution in [3.63, 3.8) is 0 Å². The summed E-state index contributed by atoms with van der Waals surface area (Å²) in [5.41, 5.74) is 7.00. The molecule has 0 bridgehead atoms. The maximum atomic E-state index is 5.42. The molecule has 0 amide bonds. The molecular weight excluding hydrogens is 122 g/mol. The Morgan fingerprint density at radius 3 is 3.00 bits per heavy atom. The van der Waals surface area contributed by atoms with E-state index in [2.05, 4.69) is 13.0 Å². The molecule has 0 saturated carbocycles. The Hall–Kier alpha value is -0.300. The monoisotopic (exact) mass is 139 g/mol. The van der Waals surface area contributed by atoms with Crippen molar-refractivity contribution in [2.75, 3.05) is 6.54 Å². The van der Waals surface area contributed by atoms with Gasteiger partial charge in [-0.25, -0.2) is 0 Å². The molecule has 0 aliphatic heterocycles. The number of rotatable bonds is 3. The van der Waals surface area contributed by atoms with E-state index in [1.807, 2.05) is 0 Å². The number of allylic oxidation sites excluding steroid dienone is 2. The molecule has 1 nitrogen and oxygen atoms in total. The molecule has 0 fully saturated rings. The minimum absolute atomic E-state index is 0.857. The van der Waals surface area contributed by atoms with Crippen molar-refractivity contribution >= 4 is 0 Å². The van der Waals surface area contributed by atoms with Crippen molar-refractivity contribution in [2.24, 2.45) is 11.7 Å². The van der Waals surface area contributed by atoms with Crippen LogP contribution in [0.5, 0.6) is 0 Å². The lowest BCUT2D eigenvalue weighted by molar-refractivity contribution is 0.498. The molecule has 0 radical (unpaired) electrons. The maximum absolute atomic E-state index is 5.42. The fraction of sp³-hybridized carbons (Fsp3) is 0.778. The first-order valence-electron chi connectivity index (χ1n) is 4.18. The third-order valence-corrected chi connectivity index (χ3v) is 2.23. The highest BCUT2D eigenvalue weighted by molar-refractivity contribution is 5.06. The highest BCUT2D eigenvalue weighted by atomic mass is 14.5. The van der Waals surface area contributed by atoms with Gasteiger partial charge in [-0.2, -0.15) is 0 Å². The molecule has 0 aromatic carbocycles. The van der Waals surface area contributed by atoms with E-state index in [1.165, 1.54) is 25.7 Å². The third-order valence-electron chi connectivity index (χ3n) is 2.23. The average molecular weight is 139 g/mol. The minimum atomic E-state index is 0.857. The molecule has 2 N–H and O–H groups in total. The molecule has 0 heterocycles. The molecule has 1 rings (SSSR count). The number of hydrogen-bond donors (Lipinski definition) is 1. The Balaban J connectivity index is 2.11. The zero-order valence-corrected chi connectivity index (χ0v) is 6.77. The fourth-order valence-electron chi connectivity index (χ4n) is 1.62. The molecule has 1 heteroatoms. The van der Waals surface area contributed by atoms with Crippen LogP contribution in [0.2, 0.25) is 0 Å². The lowest BCUT2D eigenvalue weighted by atomic mass is 10.00. The molecule has 10 heavy (non-hydrogen) atoms. The molecule has 0 aromatic heterocycles. The van der Waals surface area contributed by atoms with E-state index in [0.29, 0.717) is 0 Å². The molecular formula is C9H17N. The molecule has 1 aliphatic carbocycles. The zero-order chi connectivity index (χ0) is 7.40. The topological polar surface area (TPSA) is 26.0 Å². The lowest BCUT2D eigenvalue weighted by Crippen LogP contribution is -2.02. The summed E-state index contributed by atoms with van der Waals surface area (Å²) in [6.45, 7) is 3.08. The van der Waals surface area contributed by atoms with Gasteiger partial charge in [0, 0.05) is 0 Å². The first kappa shape index (κ1) is 7.80. The standard InChI is InChI=1S/C9H17N/c1-8-4-5-9(7-8)3-2-6-10/h4,9H,2-3,5-7,10H2,1H3. The van der Waals surface area contributed by atoms with Gasteiger partial charge in [0.05, 0.1) is 0 Å². The molecule has 0 aromatic rings. The smallest absolute Gasteiger partial charge is 0.00772 e. The predicted molar refractivity (Wildman–Crippen MR) is 44.8 cm³/mol. The van der Waals surface area contributed by atoms with Crippen LogP contribution in [0.4, 0.5) is 0 Å². The average Bonchev–Trinajstić information content (AvgIpc) is 2.31. The van der Waals surface area contributed by atoms with Crippen LogP contribution < -0.4 is 5.73 Å². The summed E-state index contributed by atoms with van der Waals surface area (Å²) in [6, 6.07) is 0. The summed E-state index contributed by atoms with van der Waals surface area (Å²) >= 11 is 0. The van der Waals surface area contributed by atoms with Crippen LogP contribution in [0, 0.1) is 5.92 Å². The van der Waals surface area contributed by atoms with Gasteiger partial charge in [0.1, 0.15) is 0 Å². The Bertz CT molecular complexity index is 127. The van der Waals surface area contributed by atoms with Crippen LogP contribution in [0.15, 0.2) is 11.6 Å². The van der Waals surface area contributed by atoms with Gasteiger partial charge in [-0.05, 0) is 45.1 Å². The summed E-state index contributed by atoms with van der Waals surface area (Å²) in [5, 5.41) is 0. The van der Waals surface area contributed by atoms with E-state index in [0.717, 1.165) is 12.5 Å². The van der Waals surface area contributed by atoms with Gasteiger partial charge in [0.2, 0.25) is 0 Å². The molecule has 1 atom stereocenters. The van der Waals surface area contributed by atoms with Crippen LogP contribution in [0.3, 0.4) is 0 Å².